The molecule has 96 valence electrons. The van der Waals surface area contributed by atoms with Gasteiger partial charge in [-0.2, -0.15) is 10.2 Å². The zero-order valence-corrected chi connectivity index (χ0v) is 10.2. The SMILES string of the molecule is N#Cc1cc(-c2nc(C3CC4CCC3O4)no2)c[nH]1. The predicted octanol–water partition coefficient (Wildman–Crippen LogP) is 1.97. The number of H-pyrrole nitrogens is 1. The topological polar surface area (TPSA) is 87.7 Å². The van der Waals surface area contributed by atoms with Crippen LogP contribution in [0.2, 0.25) is 0 Å². The molecule has 0 aromatic carbocycles. The molecule has 4 heterocycles. The molecule has 4 rings (SSSR count). The maximum Gasteiger partial charge on any atom is 0.259 e. The smallest absolute Gasteiger partial charge is 0.259 e. The third-order valence-electron chi connectivity index (χ3n) is 3.93. The summed E-state index contributed by atoms with van der Waals surface area (Å²) in [6.07, 6.45) is 5.54. The molecule has 2 saturated heterocycles. The van der Waals surface area contributed by atoms with Crippen molar-refractivity contribution in [1.82, 2.24) is 15.1 Å². The second kappa shape index (κ2) is 3.93. The van der Waals surface area contributed by atoms with E-state index in [0.717, 1.165) is 30.7 Å². The van der Waals surface area contributed by atoms with Crippen LogP contribution in [0.4, 0.5) is 0 Å². The fraction of sp³-hybridized carbons (Fsp3) is 0.462. The molecule has 3 unspecified atom stereocenters. The summed E-state index contributed by atoms with van der Waals surface area (Å²) in [7, 11) is 0. The summed E-state index contributed by atoms with van der Waals surface area (Å²) in [5.74, 6) is 1.43. The Balaban J connectivity index is 1.61. The van der Waals surface area contributed by atoms with Gasteiger partial charge in [0.1, 0.15) is 11.8 Å². The Labute approximate surface area is 109 Å². The number of aromatic nitrogens is 3. The summed E-state index contributed by atoms with van der Waals surface area (Å²) in [5, 5.41) is 12.8. The third kappa shape index (κ3) is 1.66. The fourth-order valence-corrected chi connectivity index (χ4v) is 2.99. The van der Waals surface area contributed by atoms with E-state index in [2.05, 4.69) is 15.1 Å². The number of nitrogens with one attached hydrogen (secondary N) is 1. The molecule has 2 bridgehead atoms. The van der Waals surface area contributed by atoms with Crippen molar-refractivity contribution in [2.75, 3.05) is 0 Å². The van der Waals surface area contributed by atoms with Crippen LogP contribution in [0.3, 0.4) is 0 Å². The van der Waals surface area contributed by atoms with E-state index in [1.165, 1.54) is 0 Å². The molecule has 6 heteroatoms. The van der Waals surface area contributed by atoms with Crippen LogP contribution in [0.5, 0.6) is 0 Å². The summed E-state index contributed by atoms with van der Waals surface area (Å²) >= 11 is 0. The van der Waals surface area contributed by atoms with Crippen LogP contribution in [-0.4, -0.2) is 27.3 Å². The first kappa shape index (κ1) is 10.8. The van der Waals surface area contributed by atoms with Crippen LogP contribution in [0.15, 0.2) is 16.8 Å². The highest BCUT2D eigenvalue weighted by Crippen LogP contribution is 2.43. The molecular formula is C13H12N4O2. The molecule has 0 saturated carbocycles. The van der Waals surface area contributed by atoms with Crippen LogP contribution in [-0.2, 0) is 4.74 Å². The van der Waals surface area contributed by atoms with Crippen LogP contribution < -0.4 is 0 Å². The molecule has 1 N–H and O–H groups in total. The quantitative estimate of drug-likeness (QED) is 0.887. The highest BCUT2D eigenvalue weighted by molar-refractivity contribution is 5.54. The van der Waals surface area contributed by atoms with E-state index in [-0.39, 0.29) is 12.0 Å². The Morgan fingerprint density at radius 2 is 2.37 bits per heavy atom. The van der Waals surface area contributed by atoms with Crippen molar-refractivity contribution >= 4 is 0 Å². The molecule has 2 aliphatic rings. The highest BCUT2D eigenvalue weighted by atomic mass is 16.5. The van der Waals surface area contributed by atoms with Crippen molar-refractivity contribution in [2.45, 2.75) is 37.4 Å². The molecule has 0 amide bonds. The molecular weight excluding hydrogens is 244 g/mol. The van der Waals surface area contributed by atoms with Gasteiger partial charge in [-0.25, -0.2) is 0 Å². The molecule has 19 heavy (non-hydrogen) atoms. The number of fused-ring (bicyclic) bond motifs is 2. The van der Waals surface area contributed by atoms with Crippen molar-refractivity contribution in [1.29, 1.82) is 5.26 Å². The van der Waals surface area contributed by atoms with Gasteiger partial charge < -0.3 is 14.2 Å². The van der Waals surface area contributed by atoms with Gasteiger partial charge in [-0.05, 0) is 25.3 Å². The summed E-state index contributed by atoms with van der Waals surface area (Å²) < 4.78 is 11.1. The molecule has 0 spiro atoms. The van der Waals surface area contributed by atoms with Crippen molar-refractivity contribution in [3.8, 4) is 17.5 Å². The zero-order valence-electron chi connectivity index (χ0n) is 10.2. The lowest BCUT2D eigenvalue weighted by molar-refractivity contribution is 0.0996. The van der Waals surface area contributed by atoms with Gasteiger partial charge in [0.2, 0.25) is 0 Å². The molecule has 2 aromatic rings. The van der Waals surface area contributed by atoms with Crippen molar-refractivity contribution < 1.29 is 9.26 Å². The van der Waals surface area contributed by atoms with Gasteiger partial charge in [-0.1, -0.05) is 5.16 Å². The van der Waals surface area contributed by atoms with E-state index >= 15 is 0 Å². The maximum atomic E-state index is 8.78. The van der Waals surface area contributed by atoms with Gasteiger partial charge in [0.15, 0.2) is 5.82 Å². The van der Waals surface area contributed by atoms with E-state index in [1.54, 1.807) is 12.3 Å². The van der Waals surface area contributed by atoms with Crippen molar-refractivity contribution in [2.24, 2.45) is 0 Å². The first-order valence-corrected chi connectivity index (χ1v) is 6.41. The molecule has 6 nitrogen and oxygen atoms in total. The van der Waals surface area contributed by atoms with E-state index in [1.807, 2.05) is 6.07 Å². The summed E-state index contributed by atoms with van der Waals surface area (Å²) in [5.41, 5.74) is 1.23. The Morgan fingerprint density at radius 3 is 3.05 bits per heavy atom. The lowest BCUT2D eigenvalue weighted by atomic mass is 9.89. The van der Waals surface area contributed by atoms with Gasteiger partial charge in [0.25, 0.3) is 5.89 Å². The number of ether oxygens (including phenoxy) is 1. The van der Waals surface area contributed by atoms with Crippen molar-refractivity contribution in [3.05, 3.63) is 23.8 Å². The van der Waals surface area contributed by atoms with Gasteiger partial charge in [0, 0.05) is 6.20 Å². The zero-order chi connectivity index (χ0) is 12.8. The normalized spacial score (nSPS) is 28.7. The molecule has 2 fully saturated rings. The Hall–Kier alpha value is -2.13. The van der Waals surface area contributed by atoms with Crippen LogP contribution >= 0.6 is 0 Å². The molecule has 0 aliphatic carbocycles. The van der Waals surface area contributed by atoms with E-state index in [4.69, 9.17) is 14.5 Å². The summed E-state index contributed by atoms with van der Waals surface area (Å²) in [6.45, 7) is 0. The predicted molar refractivity (Wildman–Crippen MR) is 64.1 cm³/mol. The van der Waals surface area contributed by atoms with Crippen LogP contribution in [0.1, 0.15) is 36.7 Å². The van der Waals surface area contributed by atoms with Crippen LogP contribution in [0, 0.1) is 11.3 Å². The number of nitrogens with zero attached hydrogens (tertiary/aromatic N) is 3. The molecule has 2 aromatic heterocycles. The number of aromatic amines is 1. The highest BCUT2D eigenvalue weighted by Gasteiger charge is 2.43. The minimum atomic E-state index is 0.247. The number of hydrogen-bond acceptors (Lipinski definition) is 5. The van der Waals surface area contributed by atoms with Crippen molar-refractivity contribution in [3.63, 3.8) is 0 Å². The molecule has 2 aliphatic heterocycles. The largest absolute Gasteiger partial charge is 0.374 e. The number of nitriles is 1. The minimum absolute atomic E-state index is 0.247. The number of rotatable bonds is 2. The van der Waals surface area contributed by atoms with E-state index < -0.39 is 0 Å². The van der Waals surface area contributed by atoms with Gasteiger partial charge in [-0.15, -0.1) is 0 Å². The van der Waals surface area contributed by atoms with Gasteiger partial charge in [0.05, 0.1) is 23.7 Å². The first-order valence-electron chi connectivity index (χ1n) is 6.41. The summed E-state index contributed by atoms with van der Waals surface area (Å²) in [6, 6.07) is 3.74. The lowest BCUT2D eigenvalue weighted by Crippen LogP contribution is -2.15. The number of hydrogen-bond donors (Lipinski definition) is 1. The van der Waals surface area contributed by atoms with Crippen LogP contribution in [0.25, 0.3) is 11.5 Å². The second-order valence-electron chi connectivity index (χ2n) is 5.09. The lowest BCUT2D eigenvalue weighted by Gasteiger charge is -2.13. The Morgan fingerprint density at radius 1 is 1.42 bits per heavy atom. The van der Waals surface area contributed by atoms with E-state index in [0.29, 0.717) is 17.7 Å². The fourth-order valence-electron chi connectivity index (χ4n) is 2.99. The monoisotopic (exact) mass is 256 g/mol. The average molecular weight is 256 g/mol. The Kier molecular flexibility index (Phi) is 2.23. The average Bonchev–Trinajstić information content (AvgIpc) is 3.19. The van der Waals surface area contributed by atoms with Gasteiger partial charge >= 0.3 is 0 Å². The Bertz CT molecular complexity index is 654. The maximum absolute atomic E-state index is 8.78. The molecule has 0 radical (unpaired) electrons. The molecule has 3 atom stereocenters. The van der Waals surface area contributed by atoms with E-state index in [9.17, 15) is 0 Å². The summed E-state index contributed by atoms with van der Waals surface area (Å²) in [4.78, 5) is 7.29. The third-order valence-corrected chi connectivity index (χ3v) is 3.93. The standard InChI is InChI=1S/C13H12N4O2/c14-5-8-3-7(6-15-8)13-16-12(17-19-13)10-4-9-1-2-11(10)18-9/h3,6,9-11,15H,1-2,4H2. The second-order valence-corrected chi connectivity index (χ2v) is 5.09. The minimum Gasteiger partial charge on any atom is -0.374 e. The van der Waals surface area contributed by atoms with Gasteiger partial charge in [-0.3, -0.25) is 0 Å². The first-order chi connectivity index (χ1) is 9.33.